The van der Waals surface area contributed by atoms with Crippen LogP contribution >= 0.6 is 0 Å². The number of imidazole rings is 1. The van der Waals surface area contributed by atoms with Gasteiger partial charge in [-0.2, -0.15) is 0 Å². The highest BCUT2D eigenvalue weighted by molar-refractivity contribution is 5.87. The topological polar surface area (TPSA) is 108 Å². The van der Waals surface area contributed by atoms with E-state index in [1.165, 1.54) is 35.2 Å². The van der Waals surface area contributed by atoms with Gasteiger partial charge in [0.1, 0.15) is 12.4 Å². The molecule has 9 nitrogen and oxygen atoms in total. The van der Waals surface area contributed by atoms with Gasteiger partial charge in [-0.1, -0.05) is 0 Å². The minimum absolute atomic E-state index is 0.0628. The zero-order chi connectivity index (χ0) is 18.1. The highest BCUT2D eigenvalue weighted by Gasteiger charge is 2.14. The van der Waals surface area contributed by atoms with Crippen molar-refractivity contribution in [1.82, 2.24) is 18.7 Å². The van der Waals surface area contributed by atoms with Gasteiger partial charge in [-0.25, -0.2) is 14.6 Å². The maximum atomic E-state index is 12.5. The molecule has 9 heteroatoms. The lowest BCUT2D eigenvalue weighted by Crippen LogP contribution is -2.40. The summed E-state index contributed by atoms with van der Waals surface area (Å²) >= 11 is 0. The van der Waals surface area contributed by atoms with Gasteiger partial charge < -0.3 is 14.4 Å². The number of carboxylic acid groups (broad SMARTS) is 1. The Hall–Kier alpha value is -3.36. The number of hydrogen-bond acceptors (Lipinski definition) is 5. The Bertz CT molecular complexity index is 1060. The summed E-state index contributed by atoms with van der Waals surface area (Å²) in [5.74, 6) is -0.567. The number of aromatic carboxylic acids is 1. The molecule has 3 rings (SSSR count). The maximum Gasteiger partial charge on any atom is 0.335 e. The number of ether oxygens (including phenoxy) is 1. The molecule has 0 radical (unpaired) electrons. The van der Waals surface area contributed by atoms with E-state index in [1.807, 2.05) is 0 Å². The molecular weight excluding hydrogens is 328 g/mol. The molecule has 0 amide bonds. The largest absolute Gasteiger partial charge is 0.492 e. The Morgan fingerprint density at radius 1 is 1.20 bits per heavy atom. The van der Waals surface area contributed by atoms with Crippen LogP contribution in [-0.4, -0.2) is 36.4 Å². The van der Waals surface area contributed by atoms with Gasteiger partial charge >= 0.3 is 11.7 Å². The molecule has 0 spiro atoms. The van der Waals surface area contributed by atoms with Crippen molar-refractivity contribution >= 4 is 17.1 Å². The maximum absolute atomic E-state index is 12.5. The molecule has 130 valence electrons. The minimum atomic E-state index is -1.02. The van der Waals surface area contributed by atoms with Crippen LogP contribution in [0, 0.1) is 0 Å². The molecule has 0 aliphatic carbocycles. The summed E-state index contributed by atoms with van der Waals surface area (Å²) < 4.78 is 9.47. The van der Waals surface area contributed by atoms with Crippen molar-refractivity contribution in [3.63, 3.8) is 0 Å². The number of aryl methyl sites for hydroxylation is 2. The molecule has 0 saturated heterocycles. The van der Waals surface area contributed by atoms with E-state index in [-0.39, 0.29) is 18.7 Å². The lowest BCUT2D eigenvalue weighted by molar-refractivity contribution is 0.0697. The molecular formula is C16H16N4O5. The molecule has 0 atom stereocenters. The van der Waals surface area contributed by atoms with E-state index < -0.39 is 17.2 Å². The zero-order valence-electron chi connectivity index (χ0n) is 13.7. The van der Waals surface area contributed by atoms with Gasteiger partial charge in [-0.3, -0.25) is 13.9 Å². The van der Waals surface area contributed by atoms with Crippen LogP contribution in [0.2, 0.25) is 0 Å². The summed E-state index contributed by atoms with van der Waals surface area (Å²) in [6.07, 6.45) is 1.48. The first-order valence-corrected chi connectivity index (χ1v) is 7.47. The van der Waals surface area contributed by atoms with Gasteiger partial charge in [0.15, 0.2) is 11.2 Å². The summed E-state index contributed by atoms with van der Waals surface area (Å²) in [5.41, 5.74) is -0.0742. The fraction of sp³-hybridized carbons (Fsp3) is 0.250. The van der Waals surface area contributed by atoms with Gasteiger partial charge in [0.25, 0.3) is 5.56 Å². The first-order valence-electron chi connectivity index (χ1n) is 7.47. The summed E-state index contributed by atoms with van der Waals surface area (Å²) in [6.45, 7) is 0.151. The summed E-state index contributed by atoms with van der Waals surface area (Å²) in [5, 5.41) is 8.86. The molecule has 0 fully saturated rings. The minimum Gasteiger partial charge on any atom is -0.492 e. The fourth-order valence-corrected chi connectivity index (χ4v) is 2.54. The molecule has 0 aliphatic rings. The number of fused-ring (bicyclic) bond motifs is 1. The van der Waals surface area contributed by atoms with E-state index in [1.54, 1.807) is 18.7 Å². The SMILES string of the molecule is Cn1cnc2c1c(=O)n(CCOc1ccc(C(=O)O)cc1)c(=O)n2C. The third kappa shape index (κ3) is 2.91. The molecule has 3 aromatic rings. The third-order valence-corrected chi connectivity index (χ3v) is 3.89. The Morgan fingerprint density at radius 2 is 1.88 bits per heavy atom. The lowest BCUT2D eigenvalue weighted by atomic mass is 10.2. The van der Waals surface area contributed by atoms with Crippen LogP contribution in [0.25, 0.3) is 11.2 Å². The first kappa shape index (κ1) is 16.5. The molecule has 1 aromatic carbocycles. The number of aromatic nitrogens is 4. The average Bonchev–Trinajstić information content (AvgIpc) is 2.98. The summed E-state index contributed by atoms with van der Waals surface area (Å²) in [6, 6.07) is 5.89. The van der Waals surface area contributed by atoms with Crippen molar-refractivity contribution in [2.75, 3.05) is 6.61 Å². The van der Waals surface area contributed by atoms with E-state index in [9.17, 15) is 14.4 Å². The third-order valence-electron chi connectivity index (χ3n) is 3.89. The lowest BCUT2D eigenvalue weighted by Gasteiger charge is -2.10. The summed E-state index contributed by atoms with van der Waals surface area (Å²) in [4.78, 5) is 39.7. The van der Waals surface area contributed by atoms with Crippen LogP contribution < -0.4 is 16.0 Å². The second-order valence-electron chi connectivity index (χ2n) is 5.50. The van der Waals surface area contributed by atoms with E-state index in [4.69, 9.17) is 9.84 Å². The van der Waals surface area contributed by atoms with E-state index in [2.05, 4.69) is 4.98 Å². The molecule has 0 aliphatic heterocycles. The van der Waals surface area contributed by atoms with E-state index in [0.29, 0.717) is 16.9 Å². The van der Waals surface area contributed by atoms with Crippen molar-refractivity contribution in [3.8, 4) is 5.75 Å². The predicted molar refractivity (Wildman–Crippen MR) is 89.1 cm³/mol. The zero-order valence-corrected chi connectivity index (χ0v) is 13.7. The molecule has 0 unspecified atom stereocenters. The molecule has 25 heavy (non-hydrogen) atoms. The van der Waals surface area contributed by atoms with Gasteiger partial charge in [0.05, 0.1) is 18.4 Å². The number of benzene rings is 1. The smallest absolute Gasteiger partial charge is 0.335 e. The number of hydrogen-bond donors (Lipinski definition) is 1. The number of carboxylic acids is 1. The van der Waals surface area contributed by atoms with Gasteiger partial charge in [-0.15, -0.1) is 0 Å². The van der Waals surface area contributed by atoms with E-state index >= 15 is 0 Å². The Labute approximate surface area is 141 Å². The van der Waals surface area contributed by atoms with Crippen molar-refractivity contribution in [1.29, 1.82) is 0 Å². The molecule has 2 aromatic heterocycles. The molecule has 0 bridgehead atoms. The Balaban J connectivity index is 1.82. The quantitative estimate of drug-likeness (QED) is 0.709. The average molecular weight is 344 g/mol. The second-order valence-corrected chi connectivity index (χ2v) is 5.50. The van der Waals surface area contributed by atoms with Gasteiger partial charge in [0.2, 0.25) is 0 Å². The number of nitrogens with zero attached hydrogens (tertiary/aromatic N) is 4. The molecule has 2 heterocycles. The first-order chi connectivity index (χ1) is 11.9. The second kappa shape index (κ2) is 6.27. The van der Waals surface area contributed by atoms with Crippen LogP contribution in [0.5, 0.6) is 5.75 Å². The standard InChI is InChI=1S/C16H16N4O5/c1-18-9-17-13-12(18)14(21)20(16(24)19(13)2)7-8-25-11-5-3-10(4-6-11)15(22)23/h3-6,9H,7-8H2,1-2H3,(H,22,23). The number of carbonyl (C=O) groups is 1. The molecule has 1 N–H and O–H groups in total. The highest BCUT2D eigenvalue weighted by Crippen LogP contribution is 2.12. The van der Waals surface area contributed by atoms with Crippen LogP contribution in [0.15, 0.2) is 40.2 Å². The Kier molecular flexibility index (Phi) is 4.14. The predicted octanol–water partition coefficient (Wildman–Crippen LogP) is 0.211. The molecule has 0 saturated carbocycles. The van der Waals surface area contributed by atoms with Crippen LogP contribution in [0.1, 0.15) is 10.4 Å². The summed E-state index contributed by atoms with van der Waals surface area (Å²) in [7, 11) is 3.24. The van der Waals surface area contributed by atoms with Crippen molar-refractivity contribution < 1.29 is 14.6 Å². The van der Waals surface area contributed by atoms with Crippen LogP contribution in [0.3, 0.4) is 0 Å². The normalized spacial score (nSPS) is 11.0. The number of rotatable bonds is 5. The monoisotopic (exact) mass is 344 g/mol. The van der Waals surface area contributed by atoms with E-state index in [0.717, 1.165) is 4.57 Å². The van der Waals surface area contributed by atoms with Gasteiger partial charge in [0, 0.05) is 14.1 Å². The van der Waals surface area contributed by atoms with Crippen molar-refractivity contribution in [2.45, 2.75) is 6.54 Å². The van der Waals surface area contributed by atoms with Crippen molar-refractivity contribution in [3.05, 3.63) is 57.0 Å². The van der Waals surface area contributed by atoms with Crippen LogP contribution in [0.4, 0.5) is 0 Å². The Morgan fingerprint density at radius 3 is 2.52 bits per heavy atom. The van der Waals surface area contributed by atoms with Crippen LogP contribution in [-0.2, 0) is 20.6 Å². The van der Waals surface area contributed by atoms with Gasteiger partial charge in [-0.05, 0) is 24.3 Å². The fourth-order valence-electron chi connectivity index (χ4n) is 2.54. The highest BCUT2D eigenvalue weighted by atomic mass is 16.5. The van der Waals surface area contributed by atoms with Crippen molar-refractivity contribution in [2.24, 2.45) is 14.1 Å².